The van der Waals surface area contributed by atoms with E-state index in [2.05, 4.69) is 29.6 Å². The number of imidazole rings is 1. The smallest absolute Gasteiger partial charge is 0.409 e. The van der Waals surface area contributed by atoms with E-state index in [1.165, 1.54) is 6.20 Å². The van der Waals surface area contributed by atoms with Gasteiger partial charge in [-0.15, -0.1) is 0 Å². The van der Waals surface area contributed by atoms with Crippen LogP contribution >= 0.6 is 0 Å². The highest BCUT2D eigenvalue weighted by Crippen LogP contribution is 2.33. The van der Waals surface area contributed by atoms with Crippen LogP contribution in [0.5, 0.6) is 5.75 Å². The first-order valence-electron chi connectivity index (χ1n) is 11.1. The second kappa shape index (κ2) is 9.74. The maximum Gasteiger partial charge on any atom is 0.410 e. The maximum absolute atomic E-state index is 11.2. The molecular weight excluding hydrogens is 446 g/mol. The van der Waals surface area contributed by atoms with Gasteiger partial charge in [-0.2, -0.15) is 0 Å². The summed E-state index contributed by atoms with van der Waals surface area (Å²) in [6.07, 6.45) is 2.39. The van der Waals surface area contributed by atoms with Crippen molar-refractivity contribution in [1.29, 1.82) is 0 Å². The minimum absolute atomic E-state index is 0.293. The van der Waals surface area contributed by atoms with Gasteiger partial charge < -0.3 is 19.8 Å². The summed E-state index contributed by atoms with van der Waals surface area (Å²) < 4.78 is 13.0. The van der Waals surface area contributed by atoms with E-state index in [0.717, 1.165) is 45.3 Å². The van der Waals surface area contributed by atoms with E-state index in [-0.39, 0.29) is 0 Å². The van der Waals surface area contributed by atoms with E-state index < -0.39 is 14.2 Å². The number of fused-ring (bicyclic) bond motifs is 1. The van der Waals surface area contributed by atoms with Crippen molar-refractivity contribution in [3.8, 4) is 28.4 Å². The van der Waals surface area contributed by atoms with Crippen LogP contribution in [-0.4, -0.2) is 40.3 Å². The minimum Gasteiger partial charge on any atom is -0.409 e. The molecule has 3 heterocycles. The second-order valence-electron chi connectivity index (χ2n) is 9.42. The Morgan fingerprint density at radius 1 is 1.12 bits per heavy atom. The topological polar surface area (TPSA) is 105 Å². The van der Waals surface area contributed by atoms with Crippen LogP contribution in [0, 0.1) is 6.92 Å². The fourth-order valence-electron chi connectivity index (χ4n) is 3.62. The molecule has 8 nitrogen and oxygen atoms in total. The highest BCUT2D eigenvalue weighted by atomic mass is 28.3. The number of hydrogen-bond acceptors (Lipinski definition) is 6. The SMILES string of the molecule is Cc1cccc(-c2ncn(COCC[Si](C)(C)C)c2-c2ccc3ncc(OC(N)=O)cc3c2)n1. The molecule has 176 valence electrons. The number of amides is 1. The van der Waals surface area contributed by atoms with Crippen molar-refractivity contribution in [2.45, 2.75) is 39.3 Å². The lowest BCUT2D eigenvalue weighted by atomic mass is 10.0. The van der Waals surface area contributed by atoms with Crippen LogP contribution in [-0.2, 0) is 11.5 Å². The molecule has 0 saturated carbocycles. The summed E-state index contributed by atoms with van der Waals surface area (Å²) in [4.78, 5) is 24.9. The largest absolute Gasteiger partial charge is 0.410 e. The van der Waals surface area contributed by atoms with Crippen LogP contribution in [0.25, 0.3) is 33.5 Å². The van der Waals surface area contributed by atoms with Gasteiger partial charge in [0.2, 0.25) is 0 Å². The summed E-state index contributed by atoms with van der Waals surface area (Å²) in [5.74, 6) is 0.293. The average molecular weight is 476 g/mol. The van der Waals surface area contributed by atoms with Crippen molar-refractivity contribution >= 4 is 25.1 Å². The first-order valence-corrected chi connectivity index (χ1v) is 14.8. The zero-order chi connectivity index (χ0) is 24.3. The van der Waals surface area contributed by atoms with E-state index in [1.54, 1.807) is 12.4 Å². The summed E-state index contributed by atoms with van der Waals surface area (Å²) in [7, 11) is -1.19. The fraction of sp³-hybridized carbons (Fsp3) is 0.280. The molecule has 0 saturated heterocycles. The zero-order valence-corrected chi connectivity index (χ0v) is 20.9. The van der Waals surface area contributed by atoms with Gasteiger partial charge in [-0.3, -0.25) is 9.97 Å². The number of primary amides is 1. The van der Waals surface area contributed by atoms with Gasteiger partial charge in [0.05, 0.1) is 29.4 Å². The molecule has 0 aliphatic rings. The quantitative estimate of drug-likeness (QED) is 0.276. The molecule has 0 spiro atoms. The highest BCUT2D eigenvalue weighted by Gasteiger charge is 2.18. The van der Waals surface area contributed by atoms with Crippen LogP contribution < -0.4 is 10.5 Å². The molecule has 0 radical (unpaired) electrons. The number of carbonyl (C=O) groups excluding carboxylic acids is 1. The Labute approximate surface area is 199 Å². The van der Waals surface area contributed by atoms with Gasteiger partial charge in [-0.25, -0.2) is 9.78 Å². The Bertz CT molecular complexity index is 1330. The number of carbonyl (C=O) groups is 1. The number of rotatable bonds is 8. The summed E-state index contributed by atoms with van der Waals surface area (Å²) in [6, 6.07) is 14.6. The van der Waals surface area contributed by atoms with E-state index >= 15 is 0 Å². The Morgan fingerprint density at radius 3 is 2.68 bits per heavy atom. The maximum atomic E-state index is 11.2. The molecule has 0 bridgehead atoms. The number of nitrogens with two attached hydrogens (primary N) is 1. The first-order chi connectivity index (χ1) is 16.2. The lowest BCUT2D eigenvalue weighted by Crippen LogP contribution is -2.22. The highest BCUT2D eigenvalue weighted by molar-refractivity contribution is 6.76. The van der Waals surface area contributed by atoms with Crippen LogP contribution in [0.2, 0.25) is 25.7 Å². The monoisotopic (exact) mass is 475 g/mol. The third-order valence-corrected chi connectivity index (χ3v) is 7.05. The van der Waals surface area contributed by atoms with E-state index in [9.17, 15) is 4.79 Å². The Morgan fingerprint density at radius 2 is 1.94 bits per heavy atom. The Kier molecular flexibility index (Phi) is 6.76. The second-order valence-corrected chi connectivity index (χ2v) is 15.0. The van der Waals surface area contributed by atoms with Gasteiger partial charge in [-0.05, 0) is 43.3 Å². The molecule has 0 fully saturated rings. The summed E-state index contributed by atoms with van der Waals surface area (Å²) in [6.45, 7) is 10.1. The van der Waals surface area contributed by atoms with Crippen LogP contribution in [0.1, 0.15) is 5.69 Å². The third kappa shape index (κ3) is 5.67. The first kappa shape index (κ1) is 23.6. The minimum atomic E-state index is -1.19. The van der Waals surface area contributed by atoms with Crippen LogP contribution in [0.3, 0.4) is 0 Å². The summed E-state index contributed by atoms with van der Waals surface area (Å²) in [5.41, 5.74) is 10.2. The number of aromatic nitrogens is 4. The van der Waals surface area contributed by atoms with Gasteiger partial charge in [0.25, 0.3) is 0 Å². The zero-order valence-electron chi connectivity index (χ0n) is 19.9. The Hall–Kier alpha value is -3.56. The van der Waals surface area contributed by atoms with Crippen LogP contribution in [0.15, 0.2) is 55.0 Å². The molecule has 4 aromatic rings. The predicted octanol–water partition coefficient (Wildman–Crippen LogP) is 5.24. The molecule has 0 aliphatic heterocycles. The van der Waals surface area contributed by atoms with Gasteiger partial charge in [0.15, 0.2) is 5.75 Å². The number of ether oxygens (including phenoxy) is 2. The summed E-state index contributed by atoms with van der Waals surface area (Å²) >= 11 is 0. The molecular formula is C25H29N5O3Si. The molecule has 0 aliphatic carbocycles. The molecule has 0 atom stereocenters. The number of hydrogen-bond donors (Lipinski definition) is 1. The molecule has 34 heavy (non-hydrogen) atoms. The summed E-state index contributed by atoms with van der Waals surface area (Å²) in [5, 5.41) is 0.812. The normalized spacial score (nSPS) is 11.6. The van der Waals surface area contributed by atoms with Crippen molar-refractivity contribution in [3.63, 3.8) is 0 Å². The van der Waals surface area contributed by atoms with Crippen molar-refractivity contribution < 1.29 is 14.3 Å². The van der Waals surface area contributed by atoms with E-state index in [1.807, 2.05) is 47.9 Å². The number of pyridine rings is 2. The lowest BCUT2D eigenvalue weighted by molar-refractivity contribution is 0.0882. The van der Waals surface area contributed by atoms with Crippen molar-refractivity contribution in [1.82, 2.24) is 19.5 Å². The molecule has 0 unspecified atom stereocenters. The van der Waals surface area contributed by atoms with Crippen molar-refractivity contribution in [3.05, 3.63) is 60.7 Å². The predicted molar refractivity (Wildman–Crippen MR) is 135 cm³/mol. The van der Waals surface area contributed by atoms with E-state index in [0.29, 0.717) is 19.1 Å². The standard InChI is InChI=1S/C25H29N5O3Si/c1-17-6-5-7-22(29-17)23-24(30(15-28-23)16-32-10-11-34(2,3)4)18-8-9-21-19(12-18)13-20(14-27-21)33-25(26)31/h5-9,12-15H,10-11,16H2,1-4H3,(H2,26,31). The number of aryl methyl sites for hydroxylation is 1. The lowest BCUT2D eigenvalue weighted by Gasteiger charge is -2.16. The number of nitrogens with zero attached hydrogens (tertiary/aromatic N) is 4. The molecule has 4 rings (SSSR count). The molecule has 9 heteroatoms. The fourth-order valence-corrected chi connectivity index (χ4v) is 4.37. The molecule has 1 aromatic carbocycles. The van der Waals surface area contributed by atoms with Crippen LogP contribution in [0.4, 0.5) is 4.79 Å². The number of benzene rings is 1. The molecule has 1 amide bonds. The van der Waals surface area contributed by atoms with Gasteiger partial charge in [0, 0.05) is 31.3 Å². The van der Waals surface area contributed by atoms with Crippen molar-refractivity contribution in [2.24, 2.45) is 5.73 Å². The Balaban J connectivity index is 1.75. The molecule has 3 aromatic heterocycles. The van der Waals surface area contributed by atoms with Crippen molar-refractivity contribution in [2.75, 3.05) is 6.61 Å². The van der Waals surface area contributed by atoms with E-state index in [4.69, 9.17) is 20.2 Å². The van der Waals surface area contributed by atoms with Gasteiger partial charge in [-0.1, -0.05) is 31.8 Å². The van der Waals surface area contributed by atoms with Gasteiger partial charge >= 0.3 is 6.09 Å². The molecule has 2 N–H and O–H groups in total. The van der Waals surface area contributed by atoms with Gasteiger partial charge in [0.1, 0.15) is 12.4 Å². The third-order valence-electron chi connectivity index (χ3n) is 5.34. The average Bonchev–Trinajstić information content (AvgIpc) is 3.19.